The van der Waals surface area contributed by atoms with E-state index in [9.17, 15) is 8.42 Å². The summed E-state index contributed by atoms with van der Waals surface area (Å²) in [6, 6.07) is 3.79. The van der Waals surface area contributed by atoms with E-state index in [1.165, 1.54) is 0 Å². The third-order valence-electron chi connectivity index (χ3n) is 3.67. The summed E-state index contributed by atoms with van der Waals surface area (Å²) in [7, 11) is -3.09. The minimum atomic E-state index is -3.09. The Kier molecular flexibility index (Phi) is 5.01. The third kappa shape index (κ3) is 3.49. The normalized spacial score (nSPS) is 22.1. The van der Waals surface area contributed by atoms with Crippen LogP contribution in [0.2, 0.25) is 5.02 Å². The van der Waals surface area contributed by atoms with E-state index in [1.807, 2.05) is 13.0 Å². The van der Waals surface area contributed by atoms with Gasteiger partial charge in [-0.25, -0.2) is 8.42 Å². The molecule has 1 atom stereocenters. The van der Waals surface area contributed by atoms with Gasteiger partial charge in [-0.1, -0.05) is 11.6 Å². The molecule has 2 heterocycles. The van der Waals surface area contributed by atoms with Crippen LogP contribution < -0.4 is 0 Å². The van der Waals surface area contributed by atoms with E-state index in [4.69, 9.17) is 11.6 Å². The molecule has 0 bridgehead atoms. The summed E-state index contributed by atoms with van der Waals surface area (Å²) in [5.41, 5.74) is 0.841. The van der Waals surface area contributed by atoms with Crippen molar-refractivity contribution in [1.29, 1.82) is 0 Å². The number of rotatable bonds is 4. The molecule has 0 radical (unpaired) electrons. The Hall–Kier alpha value is -0.690. The Balaban J connectivity index is 2.03. The molecule has 0 aromatic carbocycles. The van der Waals surface area contributed by atoms with E-state index >= 15 is 0 Å². The summed E-state index contributed by atoms with van der Waals surface area (Å²) in [6.07, 6.45) is 1.73. The Bertz CT molecular complexity index is 564. The lowest BCUT2D eigenvalue weighted by atomic mass is 10.2. The molecule has 0 saturated carbocycles. The molecule has 0 aliphatic carbocycles. The van der Waals surface area contributed by atoms with Crippen LogP contribution in [0.25, 0.3) is 0 Å². The fourth-order valence-corrected chi connectivity index (χ4v) is 3.71. The van der Waals surface area contributed by atoms with Gasteiger partial charge in [-0.2, -0.15) is 4.31 Å². The number of nitrogens with zero attached hydrogens (tertiary/aromatic N) is 3. The first kappa shape index (κ1) is 15.7. The number of aromatic nitrogens is 1. The van der Waals surface area contributed by atoms with Crippen molar-refractivity contribution >= 4 is 21.6 Å². The molecular formula is C13H20ClN3O2S. The van der Waals surface area contributed by atoms with E-state index in [-0.39, 0.29) is 11.8 Å². The SMILES string of the molecule is CCS(=O)(=O)N1CCN(Cc2ncccc2Cl)[C@H](C)C1. The summed E-state index contributed by atoms with van der Waals surface area (Å²) in [5.74, 6) is 0.159. The molecule has 1 aliphatic heterocycles. The molecule has 20 heavy (non-hydrogen) atoms. The van der Waals surface area contributed by atoms with Crippen molar-refractivity contribution in [3.05, 3.63) is 29.0 Å². The van der Waals surface area contributed by atoms with Crippen LogP contribution in [0.15, 0.2) is 18.3 Å². The number of piperazine rings is 1. The minimum Gasteiger partial charge on any atom is -0.292 e. The lowest BCUT2D eigenvalue weighted by Crippen LogP contribution is -2.53. The molecule has 1 aromatic rings. The van der Waals surface area contributed by atoms with Crippen LogP contribution >= 0.6 is 11.6 Å². The highest BCUT2D eigenvalue weighted by Gasteiger charge is 2.30. The monoisotopic (exact) mass is 317 g/mol. The Morgan fingerprint density at radius 3 is 2.80 bits per heavy atom. The second-order valence-electron chi connectivity index (χ2n) is 5.01. The average molecular weight is 318 g/mol. The van der Waals surface area contributed by atoms with Crippen molar-refractivity contribution in [3.8, 4) is 0 Å². The molecule has 1 fully saturated rings. The van der Waals surface area contributed by atoms with Crippen molar-refractivity contribution in [2.24, 2.45) is 0 Å². The van der Waals surface area contributed by atoms with Gasteiger partial charge >= 0.3 is 0 Å². The van der Waals surface area contributed by atoms with Gasteiger partial charge in [0.05, 0.1) is 16.5 Å². The highest BCUT2D eigenvalue weighted by molar-refractivity contribution is 7.89. The van der Waals surface area contributed by atoms with E-state index in [2.05, 4.69) is 9.88 Å². The van der Waals surface area contributed by atoms with Crippen molar-refractivity contribution in [3.63, 3.8) is 0 Å². The first-order valence-corrected chi connectivity index (χ1v) is 8.74. The van der Waals surface area contributed by atoms with Crippen LogP contribution in [0.4, 0.5) is 0 Å². The van der Waals surface area contributed by atoms with Crippen LogP contribution in [-0.2, 0) is 16.6 Å². The first-order valence-electron chi connectivity index (χ1n) is 6.75. The molecule has 1 aliphatic rings. The van der Waals surface area contributed by atoms with E-state index in [0.717, 1.165) is 5.69 Å². The summed E-state index contributed by atoms with van der Waals surface area (Å²) in [4.78, 5) is 6.50. The van der Waals surface area contributed by atoms with Crippen LogP contribution in [-0.4, -0.2) is 54.0 Å². The van der Waals surface area contributed by atoms with E-state index in [0.29, 0.717) is 31.2 Å². The highest BCUT2D eigenvalue weighted by Crippen LogP contribution is 2.19. The van der Waals surface area contributed by atoms with Crippen LogP contribution in [0, 0.1) is 0 Å². The molecule has 0 amide bonds. The standard InChI is InChI=1S/C13H20ClN3O2S/c1-3-20(18,19)17-8-7-16(11(2)9-17)10-13-12(14)5-4-6-15-13/h4-6,11H,3,7-10H2,1-2H3/t11-/m1/s1. The topological polar surface area (TPSA) is 53.5 Å². The second-order valence-corrected chi connectivity index (χ2v) is 7.67. The van der Waals surface area contributed by atoms with E-state index < -0.39 is 10.0 Å². The van der Waals surface area contributed by atoms with Crippen molar-refractivity contribution in [1.82, 2.24) is 14.2 Å². The number of sulfonamides is 1. The molecule has 2 rings (SSSR count). The maximum Gasteiger partial charge on any atom is 0.213 e. The fourth-order valence-electron chi connectivity index (χ4n) is 2.36. The Morgan fingerprint density at radius 2 is 2.20 bits per heavy atom. The number of pyridine rings is 1. The molecule has 1 aromatic heterocycles. The Morgan fingerprint density at radius 1 is 1.45 bits per heavy atom. The summed E-state index contributed by atoms with van der Waals surface area (Å²) < 4.78 is 25.4. The maximum atomic E-state index is 11.9. The molecule has 0 unspecified atom stereocenters. The van der Waals surface area contributed by atoms with Gasteiger partial charge in [-0.05, 0) is 26.0 Å². The van der Waals surface area contributed by atoms with Gasteiger partial charge < -0.3 is 0 Å². The van der Waals surface area contributed by atoms with E-state index in [1.54, 1.807) is 23.5 Å². The van der Waals surface area contributed by atoms with Crippen LogP contribution in [0.5, 0.6) is 0 Å². The second kappa shape index (κ2) is 6.39. The quantitative estimate of drug-likeness (QED) is 0.846. The molecule has 0 spiro atoms. The molecule has 112 valence electrons. The zero-order valence-electron chi connectivity index (χ0n) is 11.8. The van der Waals surface area contributed by atoms with Crippen LogP contribution in [0.1, 0.15) is 19.5 Å². The van der Waals surface area contributed by atoms with Gasteiger partial charge in [0.2, 0.25) is 10.0 Å². The third-order valence-corrected chi connectivity index (χ3v) is 5.87. The van der Waals surface area contributed by atoms with Gasteiger partial charge in [0.15, 0.2) is 0 Å². The lowest BCUT2D eigenvalue weighted by molar-refractivity contribution is 0.120. The van der Waals surface area contributed by atoms with Gasteiger partial charge in [-0.15, -0.1) is 0 Å². The predicted molar refractivity (Wildman–Crippen MR) is 80.2 cm³/mol. The minimum absolute atomic E-state index is 0.156. The lowest BCUT2D eigenvalue weighted by Gasteiger charge is -2.38. The van der Waals surface area contributed by atoms with Gasteiger partial charge in [0, 0.05) is 38.4 Å². The van der Waals surface area contributed by atoms with Crippen molar-refractivity contribution in [2.75, 3.05) is 25.4 Å². The highest BCUT2D eigenvalue weighted by atomic mass is 35.5. The Labute approximate surface area is 125 Å². The number of halogens is 1. The maximum absolute atomic E-state index is 11.9. The van der Waals surface area contributed by atoms with Gasteiger partial charge in [-0.3, -0.25) is 9.88 Å². The van der Waals surface area contributed by atoms with Crippen LogP contribution in [0.3, 0.4) is 0 Å². The smallest absolute Gasteiger partial charge is 0.213 e. The molecule has 1 saturated heterocycles. The zero-order chi connectivity index (χ0) is 14.8. The van der Waals surface area contributed by atoms with Gasteiger partial charge in [0.25, 0.3) is 0 Å². The number of hydrogen-bond donors (Lipinski definition) is 0. The zero-order valence-corrected chi connectivity index (χ0v) is 13.4. The summed E-state index contributed by atoms with van der Waals surface area (Å²) in [6.45, 7) is 6.13. The van der Waals surface area contributed by atoms with Gasteiger partial charge in [0.1, 0.15) is 0 Å². The largest absolute Gasteiger partial charge is 0.292 e. The molecule has 0 N–H and O–H groups in total. The van der Waals surface area contributed by atoms with Crippen molar-refractivity contribution < 1.29 is 8.42 Å². The van der Waals surface area contributed by atoms with Crippen molar-refractivity contribution in [2.45, 2.75) is 26.4 Å². The first-order chi connectivity index (χ1) is 9.44. The fraction of sp³-hybridized carbons (Fsp3) is 0.615. The average Bonchev–Trinajstić information content (AvgIpc) is 2.43. The molecule has 5 nitrogen and oxygen atoms in total. The molecule has 7 heteroatoms. The molecular weight excluding hydrogens is 298 g/mol. The predicted octanol–water partition coefficient (Wildman–Crippen LogP) is 1.59. The summed E-state index contributed by atoms with van der Waals surface area (Å²) >= 11 is 6.12. The summed E-state index contributed by atoms with van der Waals surface area (Å²) in [5, 5.41) is 0.656. The number of hydrogen-bond acceptors (Lipinski definition) is 4.